The van der Waals surface area contributed by atoms with Crippen LogP contribution >= 0.6 is 0 Å². The van der Waals surface area contributed by atoms with Crippen LogP contribution in [-0.4, -0.2) is 19.6 Å². The van der Waals surface area contributed by atoms with Crippen LogP contribution in [-0.2, 0) is 37.3 Å². The average Bonchev–Trinajstić information content (AvgIpc) is 3.60. The first-order chi connectivity index (χ1) is 27.2. The van der Waals surface area contributed by atoms with Gasteiger partial charge in [0.25, 0.3) is 0 Å². The standard InChI is InChI=1S/C53H50N3O.Pt/c1-51(2,3)39-33-43(49(57)45(34-39)52(4,5)6)50-55-48-42(25-19-28-47(48)56(50)40-22-13-10-14-23-40)36-30-35(31-37(32-36)46-27-17-18-29-54-46)41-24-15-16-26-44(41)53(7,8)38-20-11-9-12-21-38;/h9-31,33-34,57H,1-8H3;/q-1;. The van der Waals surface area contributed by atoms with E-state index in [9.17, 15) is 5.11 Å². The summed E-state index contributed by atoms with van der Waals surface area (Å²) in [5.41, 5.74) is 13.1. The Bertz CT molecular complexity index is 2720. The molecule has 0 radical (unpaired) electrons. The van der Waals surface area contributed by atoms with Crippen molar-refractivity contribution >= 4 is 11.0 Å². The van der Waals surface area contributed by atoms with Gasteiger partial charge in [-0.1, -0.05) is 175 Å². The first kappa shape index (κ1) is 40.6. The van der Waals surface area contributed by atoms with Crippen LogP contribution in [0.4, 0.5) is 0 Å². The normalized spacial score (nSPS) is 12.1. The molecule has 58 heavy (non-hydrogen) atoms. The van der Waals surface area contributed by atoms with Crippen LogP contribution in [0, 0.1) is 6.07 Å². The third kappa shape index (κ3) is 7.59. The van der Waals surface area contributed by atoms with Crippen molar-refractivity contribution in [3.05, 3.63) is 180 Å². The molecule has 0 saturated heterocycles. The first-order valence-corrected chi connectivity index (χ1v) is 19.8. The van der Waals surface area contributed by atoms with Crippen LogP contribution < -0.4 is 0 Å². The van der Waals surface area contributed by atoms with E-state index in [0.717, 1.165) is 61.4 Å². The molecule has 0 bridgehead atoms. The van der Waals surface area contributed by atoms with Gasteiger partial charge in [0.1, 0.15) is 11.6 Å². The molecule has 4 nitrogen and oxygen atoms in total. The van der Waals surface area contributed by atoms with Crippen molar-refractivity contribution in [2.24, 2.45) is 0 Å². The summed E-state index contributed by atoms with van der Waals surface area (Å²) < 4.78 is 2.19. The summed E-state index contributed by atoms with van der Waals surface area (Å²) in [4.78, 5) is 10.3. The summed E-state index contributed by atoms with van der Waals surface area (Å²) in [5, 5.41) is 12.2. The van der Waals surface area contributed by atoms with Crippen LogP contribution in [0.25, 0.3) is 61.6 Å². The van der Waals surface area contributed by atoms with Gasteiger partial charge in [0.2, 0.25) is 0 Å². The maximum Gasteiger partial charge on any atom is 0.148 e. The molecule has 8 aromatic rings. The molecule has 5 heteroatoms. The number of benzene rings is 6. The van der Waals surface area contributed by atoms with Gasteiger partial charge in [-0.05, 0) is 63.4 Å². The van der Waals surface area contributed by atoms with E-state index in [1.807, 2.05) is 42.6 Å². The molecule has 0 aliphatic carbocycles. The molecular weight excluding hydrogens is 890 g/mol. The van der Waals surface area contributed by atoms with Gasteiger partial charge in [-0.15, -0.1) is 23.8 Å². The fraction of sp³-hybridized carbons (Fsp3) is 0.208. The van der Waals surface area contributed by atoms with E-state index < -0.39 is 0 Å². The van der Waals surface area contributed by atoms with E-state index in [2.05, 4.69) is 175 Å². The number of pyridine rings is 1. The van der Waals surface area contributed by atoms with Crippen molar-refractivity contribution in [2.45, 2.75) is 71.6 Å². The van der Waals surface area contributed by atoms with E-state index >= 15 is 0 Å². The number of imidazole rings is 1. The molecule has 294 valence electrons. The van der Waals surface area contributed by atoms with E-state index in [4.69, 9.17) is 9.97 Å². The van der Waals surface area contributed by atoms with Crippen LogP contribution in [0.5, 0.6) is 5.75 Å². The Labute approximate surface area is 358 Å². The van der Waals surface area contributed by atoms with Crippen LogP contribution in [0.15, 0.2) is 152 Å². The van der Waals surface area contributed by atoms with Crippen molar-refractivity contribution in [1.82, 2.24) is 14.5 Å². The summed E-state index contributed by atoms with van der Waals surface area (Å²) >= 11 is 0. The number of hydrogen-bond donors (Lipinski definition) is 1. The Morgan fingerprint density at radius 3 is 1.86 bits per heavy atom. The number of phenols is 1. The molecule has 2 aromatic heterocycles. The SMILES string of the molecule is CC(C)(C)c1cc(-c2nc3c(-c4[c-]c(-c5ccccn5)cc(-c5ccccc5C(C)(C)c5ccccc5)c4)cccc3n2-c2ccccc2)c(O)c(C(C)(C)C)c1.[Pt]. The Morgan fingerprint density at radius 2 is 1.19 bits per heavy atom. The fourth-order valence-corrected chi connectivity index (χ4v) is 7.97. The van der Waals surface area contributed by atoms with Gasteiger partial charge in [-0.25, -0.2) is 4.98 Å². The van der Waals surface area contributed by atoms with Crippen LogP contribution in [0.1, 0.15) is 77.6 Å². The Morgan fingerprint density at radius 1 is 0.552 bits per heavy atom. The van der Waals surface area contributed by atoms with Gasteiger partial charge in [0.05, 0.1) is 16.6 Å². The third-order valence-electron chi connectivity index (χ3n) is 11.2. The molecule has 1 N–H and O–H groups in total. The molecule has 6 aromatic carbocycles. The Balaban J connectivity index is 0.00000512. The fourth-order valence-electron chi connectivity index (χ4n) is 7.97. The van der Waals surface area contributed by atoms with Gasteiger partial charge in [0.15, 0.2) is 0 Å². The molecular formula is C53H50N3OPt-. The number of aromatic nitrogens is 3. The summed E-state index contributed by atoms with van der Waals surface area (Å²) in [6.45, 7) is 17.7. The second kappa shape index (κ2) is 15.6. The zero-order valence-electron chi connectivity index (χ0n) is 34.5. The number of aromatic hydroxyl groups is 1. The van der Waals surface area contributed by atoms with Crippen molar-refractivity contribution in [2.75, 3.05) is 0 Å². The zero-order valence-corrected chi connectivity index (χ0v) is 36.8. The summed E-state index contributed by atoms with van der Waals surface area (Å²) in [6, 6.07) is 54.7. The number of fused-ring (bicyclic) bond motifs is 1. The van der Waals surface area contributed by atoms with Gasteiger partial charge < -0.3 is 5.11 Å². The zero-order chi connectivity index (χ0) is 40.1. The minimum absolute atomic E-state index is 0. The average molecular weight is 940 g/mol. The number of nitrogens with zero attached hydrogens (tertiary/aromatic N) is 3. The number of rotatable bonds is 7. The largest absolute Gasteiger partial charge is 0.507 e. The number of para-hydroxylation sites is 2. The quantitative estimate of drug-likeness (QED) is 0.162. The first-order valence-electron chi connectivity index (χ1n) is 19.8. The molecule has 0 atom stereocenters. The summed E-state index contributed by atoms with van der Waals surface area (Å²) in [5.74, 6) is 0.946. The smallest absolute Gasteiger partial charge is 0.148 e. The molecule has 0 fully saturated rings. The molecule has 0 aliphatic rings. The van der Waals surface area contributed by atoms with E-state index in [1.165, 1.54) is 11.1 Å². The van der Waals surface area contributed by atoms with Crippen molar-refractivity contribution < 1.29 is 26.2 Å². The molecule has 0 spiro atoms. The van der Waals surface area contributed by atoms with Crippen LogP contribution in [0.2, 0.25) is 0 Å². The van der Waals surface area contributed by atoms with Gasteiger partial charge in [-0.3, -0.25) is 9.55 Å². The Kier molecular flexibility index (Phi) is 11.0. The molecule has 0 aliphatic heterocycles. The minimum Gasteiger partial charge on any atom is -0.507 e. The monoisotopic (exact) mass is 939 g/mol. The van der Waals surface area contributed by atoms with Crippen LogP contribution in [0.3, 0.4) is 0 Å². The second-order valence-corrected chi connectivity index (χ2v) is 17.6. The minimum atomic E-state index is -0.294. The molecule has 0 saturated carbocycles. The maximum atomic E-state index is 12.2. The van der Waals surface area contributed by atoms with E-state index in [0.29, 0.717) is 11.4 Å². The topological polar surface area (TPSA) is 50.9 Å². The van der Waals surface area contributed by atoms with Gasteiger partial charge in [-0.2, -0.15) is 0 Å². The summed E-state index contributed by atoms with van der Waals surface area (Å²) in [7, 11) is 0. The predicted octanol–water partition coefficient (Wildman–Crippen LogP) is 13.5. The van der Waals surface area contributed by atoms with E-state index in [1.54, 1.807) is 0 Å². The molecule has 0 amide bonds. The Hall–Kier alpha value is -5.57. The van der Waals surface area contributed by atoms with Crippen molar-refractivity contribution in [3.63, 3.8) is 0 Å². The summed E-state index contributed by atoms with van der Waals surface area (Å²) in [6.07, 6.45) is 1.83. The molecule has 8 rings (SSSR count). The predicted molar refractivity (Wildman–Crippen MR) is 237 cm³/mol. The maximum absolute atomic E-state index is 12.2. The van der Waals surface area contributed by atoms with Gasteiger partial charge >= 0.3 is 0 Å². The van der Waals surface area contributed by atoms with Crippen molar-refractivity contribution in [1.29, 1.82) is 0 Å². The van der Waals surface area contributed by atoms with E-state index in [-0.39, 0.29) is 43.1 Å². The number of phenolic OH excluding ortho intramolecular Hbond substituents is 1. The third-order valence-corrected chi connectivity index (χ3v) is 11.2. The second-order valence-electron chi connectivity index (χ2n) is 17.6. The van der Waals surface area contributed by atoms with Crippen molar-refractivity contribution in [3.8, 4) is 56.3 Å². The number of hydrogen-bond acceptors (Lipinski definition) is 3. The molecule has 2 heterocycles. The van der Waals surface area contributed by atoms with Gasteiger partial charge in [0, 0.05) is 49.6 Å². The molecule has 0 unspecified atom stereocenters.